The van der Waals surface area contributed by atoms with Gasteiger partial charge in [-0.3, -0.25) is 4.90 Å². The molecule has 3 atom stereocenters. The van der Waals surface area contributed by atoms with E-state index in [1.807, 2.05) is 0 Å². The first kappa shape index (κ1) is 19.4. The lowest BCUT2D eigenvalue weighted by molar-refractivity contribution is -0.191. The molecular formula is C23H35NO3. The lowest BCUT2D eigenvalue weighted by atomic mass is 9.65. The molecule has 3 aliphatic rings. The van der Waals surface area contributed by atoms with E-state index in [0.29, 0.717) is 0 Å². The largest absolute Gasteiger partial charge is 0.390 e. The molecule has 0 bridgehead atoms. The molecular weight excluding hydrogens is 338 g/mol. The highest BCUT2D eigenvalue weighted by atomic mass is 16.7. The van der Waals surface area contributed by atoms with E-state index in [0.717, 1.165) is 64.8 Å². The molecule has 0 aromatic heterocycles. The molecule has 4 heteroatoms. The lowest BCUT2D eigenvalue weighted by Gasteiger charge is -2.57. The highest BCUT2D eigenvalue weighted by Crippen LogP contribution is 2.47. The van der Waals surface area contributed by atoms with E-state index in [4.69, 9.17) is 9.47 Å². The zero-order valence-corrected chi connectivity index (χ0v) is 17.0. The van der Waals surface area contributed by atoms with Crippen molar-refractivity contribution in [2.75, 3.05) is 26.3 Å². The van der Waals surface area contributed by atoms with Crippen molar-refractivity contribution in [2.45, 2.75) is 81.6 Å². The summed E-state index contributed by atoms with van der Waals surface area (Å²) in [4.78, 5) is 2.64. The SMILES string of the molecule is CC1(c2ccccc2)CCC2(C)CC(O)(CCC3OCCCO3)CCN2C1. The van der Waals surface area contributed by atoms with Crippen LogP contribution in [0.1, 0.15) is 64.4 Å². The van der Waals surface area contributed by atoms with Crippen LogP contribution in [-0.2, 0) is 14.9 Å². The Morgan fingerprint density at radius 2 is 1.81 bits per heavy atom. The fourth-order valence-corrected chi connectivity index (χ4v) is 5.46. The molecule has 0 spiro atoms. The molecule has 0 amide bonds. The van der Waals surface area contributed by atoms with Crippen LogP contribution in [0.5, 0.6) is 0 Å². The average molecular weight is 374 g/mol. The Balaban J connectivity index is 1.40. The molecule has 27 heavy (non-hydrogen) atoms. The molecule has 0 saturated carbocycles. The highest BCUT2D eigenvalue weighted by Gasteiger charge is 2.50. The summed E-state index contributed by atoms with van der Waals surface area (Å²) in [5, 5.41) is 11.3. The average Bonchev–Trinajstić information content (AvgIpc) is 2.69. The van der Waals surface area contributed by atoms with E-state index in [2.05, 4.69) is 49.1 Å². The number of aliphatic hydroxyl groups is 1. The molecule has 3 saturated heterocycles. The second-order valence-corrected chi connectivity index (χ2v) is 9.56. The van der Waals surface area contributed by atoms with Gasteiger partial charge in [0.1, 0.15) is 0 Å². The zero-order valence-electron chi connectivity index (χ0n) is 17.0. The summed E-state index contributed by atoms with van der Waals surface area (Å²) in [6.07, 6.45) is 6.45. The van der Waals surface area contributed by atoms with Crippen LogP contribution in [0, 0.1) is 0 Å². The fourth-order valence-electron chi connectivity index (χ4n) is 5.46. The van der Waals surface area contributed by atoms with Crippen LogP contribution in [0.4, 0.5) is 0 Å². The number of ether oxygens (including phenoxy) is 2. The van der Waals surface area contributed by atoms with Gasteiger partial charge in [0.15, 0.2) is 6.29 Å². The molecule has 3 heterocycles. The van der Waals surface area contributed by atoms with Gasteiger partial charge in [0.2, 0.25) is 0 Å². The van der Waals surface area contributed by atoms with Gasteiger partial charge in [0, 0.05) is 30.5 Å². The zero-order chi connectivity index (χ0) is 19.0. The minimum atomic E-state index is -0.587. The van der Waals surface area contributed by atoms with Crippen molar-refractivity contribution in [1.82, 2.24) is 4.90 Å². The predicted molar refractivity (Wildman–Crippen MR) is 107 cm³/mol. The van der Waals surface area contributed by atoms with Crippen molar-refractivity contribution in [3.05, 3.63) is 35.9 Å². The molecule has 150 valence electrons. The van der Waals surface area contributed by atoms with E-state index in [-0.39, 0.29) is 17.2 Å². The normalized spacial score (nSPS) is 38.5. The number of rotatable bonds is 4. The minimum Gasteiger partial charge on any atom is -0.390 e. The lowest BCUT2D eigenvalue weighted by Crippen LogP contribution is -2.63. The first-order chi connectivity index (χ1) is 12.9. The van der Waals surface area contributed by atoms with E-state index in [1.54, 1.807) is 0 Å². The van der Waals surface area contributed by atoms with Crippen molar-refractivity contribution in [3.8, 4) is 0 Å². The van der Waals surface area contributed by atoms with E-state index < -0.39 is 5.60 Å². The number of hydrogen-bond donors (Lipinski definition) is 1. The standard InChI is InChI=1S/C23H35NO3/c1-21(19-7-4-3-5-8-19)11-12-22(2)17-23(25,13-14-24(22)18-21)10-9-20-26-15-6-16-27-20/h3-5,7-8,20,25H,6,9-18H2,1-2H3. The van der Waals surface area contributed by atoms with Gasteiger partial charge >= 0.3 is 0 Å². The molecule has 0 radical (unpaired) electrons. The third kappa shape index (κ3) is 4.09. The first-order valence-electron chi connectivity index (χ1n) is 10.7. The van der Waals surface area contributed by atoms with Gasteiger partial charge in [0.25, 0.3) is 0 Å². The Morgan fingerprint density at radius 3 is 2.56 bits per heavy atom. The van der Waals surface area contributed by atoms with Crippen molar-refractivity contribution >= 4 is 0 Å². The third-order valence-corrected chi connectivity index (χ3v) is 7.29. The van der Waals surface area contributed by atoms with Crippen LogP contribution in [0.2, 0.25) is 0 Å². The quantitative estimate of drug-likeness (QED) is 0.870. The minimum absolute atomic E-state index is 0.0928. The number of benzene rings is 1. The van der Waals surface area contributed by atoms with Crippen LogP contribution in [0.25, 0.3) is 0 Å². The van der Waals surface area contributed by atoms with Crippen molar-refractivity contribution in [1.29, 1.82) is 0 Å². The summed E-state index contributed by atoms with van der Waals surface area (Å²) in [6.45, 7) is 8.38. The van der Waals surface area contributed by atoms with E-state index in [9.17, 15) is 5.11 Å². The van der Waals surface area contributed by atoms with E-state index in [1.165, 1.54) is 12.0 Å². The Bertz CT molecular complexity index is 632. The highest BCUT2D eigenvalue weighted by molar-refractivity contribution is 5.27. The predicted octanol–water partition coefficient (Wildman–Crippen LogP) is 3.87. The third-order valence-electron chi connectivity index (χ3n) is 7.29. The summed E-state index contributed by atoms with van der Waals surface area (Å²) < 4.78 is 11.4. The van der Waals surface area contributed by atoms with Crippen LogP contribution in [0.15, 0.2) is 30.3 Å². The Labute approximate surface area is 163 Å². The van der Waals surface area contributed by atoms with Gasteiger partial charge in [-0.05, 0) is 51.0 Å². The van der Waals surface area contributed by atoms with Crippen molar-refractivity contribution < 1.29 is 14.6 Å². The van der Waals surface area contributed by atoms with Gasteiger partial charge in [0.05, 0.1) is 18.8 Å². The summed E-state index contributed by atoms with van der Waals surface area (Å²) in [6, 6.07) is 10.9. The number of fused-ring (bicyclic) bond motifs is 1. The van der Waals surface area contributed by atoms with Crippen molar-refractivity contribution in [3.63, 3.8) is 0 Å². The molecule has 3 aliphatic heterocycles. The maximum Gasteiger partial charge on any atom is 0.157 e. The van der Waals surface area contributed by atoms with E-state index >= 15 is 0 Å². The van der Waals surface area contributed by atoms with Gasteiger partial charge in [-0.15, -0.1) is 0 Å². The van der Waals surface area contributed by atoms with Gasteiger partial charge in [-0.1, -0.05) is 37.3 Å². The number of nitrogens with zero attached hydrogens (tertiary/aromatic N) is 1. The van der Waals surface area contributed by atoms with Gasteiger partial charge in [-0.25, -0.2) is 0 Å². The summed E-state index contributed by atoms with van der Waals surface area (Å²) in [7, 11) is 0. The Morgan fingerprint density at radius 1 is 1.07 bits per heavy atom. The first-order valence-corrected chi connectivity index (χ1v) is 10.7. The molecule has 0 aliphatic carbocycles. The Kier molecular flexibility index (Phi) is 5.36. The van der Waals surface area contributed by atoms with Crippen LogP contribution < -0.4 is 0 Å². The molecule has 1 aromatic carbocycles. The van der Waals surface area contributed by atoms with Crippen LogP contribution in [0.3, 0.4) is 0 Å². The molecule has 4 rings (SSSR count). The second-order valence-electron chi connectivity index (χ2n) is 9.56. The second kappa shape index (κ2) is 7.47. The molecule has 4 nitrogen and oxygen atoms in total. The topological polar surface area (TPSA) is 41.9 Å². The van der Waals surface area contributed by atoms with Gasteiger partial charge < -0.3 is 14.6 Å². The smallest absolute Gasteiger partial charge is 0.157 e. The number of hydrogen-bond acceptors (Lipinski definition) is 4. The van der Waals surface area contributed by atoms with Crippen LogP contribution in [-0.4, -0.2) is 53.7 Å². The number of piperidine rings is 2. The monoisotopic (exact) mass is 373 g/mol. The Hall–Kier alpha value is -0.940. The summed E-state index contributed by atoms with van der Waals surface area (Å²) in [5.41, 5.74) is 1.16. The molecule has 1 aromatic rings. The summed E-state index contributed by atoms with van der Waals surface area (Å²) >= 11 is 0. The maximum absolute atomic E-state index is 11.3. The van der Waals surface area contributed by atoms with Gasteiger partial charge in [-0.2, -0.15) is 0 Å². The molecule has 3 unspecified atom stereocenters. The van der Waals surface area contributed by atoms with Crippen molar-refractivity contribution in [2.24, 2.45) is 0 Å². The summed E-state index contributed by atoms with van der Waals surface area (Å²) in [5.74, 6) is 0. The van der Waals surface area contributed by atoms with Crippen LogP contribution >= 0.6 is 0 Å². The molecule has 1 N–H and O–H groups in total. The molecule has 3 fully saturated rings. The fraction of sp³-hybridized carbons (Fsp3) is 0.739. The maximum atomic E-state index is 11.3.